The number of benzene rings is 1. The van der Waals surface area contributed by atoms with Gasteiger partial charge in [0.1, 0.15) is 6.33 Å². The Hall–Kier alpha value is -2.77. The Kier molecular flexibility index (Phi) is 5.11. The second-order valence-corrected chi connectivity index (χ2v) is 7.99. The largest absolute Gasteiger partial charge is 0.342 e. The van der Waals surface area contributed by atoms with Crippen molar-refractivity contribution in [2.45, 2.75) is 45.7 Å². The summed E-state index contributed by atoms with van der Waals surface area (Å²) in [5.74, 6) is 0.270. The second-order valence-electron chi connectivity index (χ2n) is 7.99. The first kappa shape index (κ1) is 18.6. The van der Waals surface area contributed by atoms with Crippen LogP contribution in [0.1, 0.15) is 36.8 Å². The molecule has 148 valence electrons. The minimum atomic E-state index is -0.410. The maximum atomic E-state index is 13.3. The second kappa shape index (κ2) is 7.69. The lowest BCUT2D eigenvalue weighted by atomic mass is 9.78. The fourth-order valence-corrected chi connectivity index (χ4v) is 4.45. The molecule has 2 aromatic rings. The van der Waals surface area contributed by atoms with Crippen LogP contribution in [0.2, 0.25) is 0 Å². The Bertz CT molecular complexity index is 852. The van der Waals surface area contributed by atoms with Crippen LogP contribution in [0.5, 0.6) is 0 Å². The third-order valence-electron chi connectivity index (χ3n) is 5.93. The van der Waals surface area contributed by atoms with E-state index in [2.05, 4.69) is 40.6 Å². The minimum absolute atomic E-state index is 0.0657. The van der Waals surface area contributed by atoms with Gasteiger partial charge in [-0.25, -0.2) is 4.68 Å². The van der Waals surface area contributed by atoms with Crippen molar-refractivity contribution < 1.29 is 9.59 Å². The fraction of sp³-hybridized carbons (Fsp3) is 0.550. The number of nitrogens with zero attached hydrogens (tertiary/aromatic N) is 6. The molecular formula is C20H26N6O2. The number of hydrogen-bond acceptors (Lipinski definition) is 5. The maximum absolute atomic E-state index is 13.3. The van der Waals surface area contributed by atoms with Crippen molar-refractivity contribution in [2.24, 2.45) is 5.41 Å². The molecule has 0 unspecified atom stereocenters. The number of carbonyl (C=O) groups excluding carboxylic acids is 2. The van der Waals surface area contributed by atoms with Crippen LogP contribution in [0.25, 0.3) is 0 Å². The molecule has 28 heavy (non-hydrogen) atoms. The number of carbonyl (C=O) groups is 2. The van der Waals surface area contributed by atoms with E-state index >= 15 is 0 Å². The summed E-state index contributed by atoms with van der Waals surface area (Å²) >= 11 is 0. The van der Waals surface area contributed by atoms with E-state index in [0.29, 0.717) is 32.6 Å². The standard InChI is InChI=1S/C20H26N6O2/c1-16-4-2-5-17(12-16)13-24-9-3-7-20(19(24)28)8-11-25(14-20)18(27)6-10-26-15-21-22-23-26/h2,4-5,12,15H,3,6-11,13-14H2,1H3/t20-/m1/s1. The number of rotatable bonds is 5. The molecule has 0 saturated carbocycles. The summed E-state index contributed by atoms with van der Waals surface area (Å²) in [6.45, 7) is 5.15. The van der Waals surface area contributed by atoms with Gasteiger partial charge in [-0.2, -0.15) is 0 Å². The molecular weight excluding hydrogens is 356 g/mol. The van der Waals surface area contributed by atoms with Gasteiger partial charge in [0.15, 0.2) is 0 Å². The van der Waals surface area contributed by atoms with Crippen LogP contribution < -0.4 is 0 Å². The Morgan fingerprint density at radius 1 is 1.25 bits per heavy atom. The molecule has 1 spiro atoms. The average molecular weight is 382 g/mol. The molecule has 0 aliphatic carbocycles. The molecule has 1 aromatic heterocycles. The highest BCUT2D eigenvalue weighted by atomic mass is 16.2. The molecule has 2 aliphatic rings. The summed E-state index contributed by atoms with van der Waals surface area (Å²) in [5.41, 5.74) is 1.96. The number of amides is 2. The number of aryl methyl sites for hydroxylation is 2. The normalized spacial score (nSPS) is 22.2. The fourth-order valence-electron chi connectivity index (χ4n) is 4.45. The van der Waals surface area contributed by atoms with Crippen LogP contribution >= 0.6 is 0 Å². The van der Waals surface area contributed by atoms with Gasteiger partial charge in [-0.05, 0) is 42.2 Å². The average Bonchev–Trinajstić information content (AvgIpc) is 3.35. The summed E-state index contributed by atoms with van der Waals surface area (Å²) in [6.07, 6.45) is 4.47. The van der Waals surface area contributed by atoms with Gasteiger partial charge in [0.25, 0.3) is 0 Å². The van der Waals surface area contributed by atoms with Crippen LogP contribution in [-0.4, -0.2) is 61.5 Å². The zero-order valence-corrected chi connectivity index (χ0v) is 16.3. The SMILES string of the molecule is Cc1cccc(CN2CCC[C@]3(CCN(C(=O)CCn4cnnn4)C3)C2=O)c1. The molecule has 8 nitrogen and oxygen atoms in total. The first-order valence-electron chi connectivity index (χ1n) is 9.89. The Morgan fingerprint density at radius 2 is 2.14 bits per heavy atom. The van der Waals surface area contributed by atoms with E-state index in [1.807, 2.05) is 15.9 Å². The monoisotopic (exact) mass is 382 g/mol. The highest BCUT2D eigenvalue weighted by molar-refractivity contribution is 5.86. The molecule has 0 N–H and O–H groups in total. The van der Waals surface area contributed by atoms with Gasteiger partial charge >= 0.3 is 0 Å². The van der Waals surface area contributed by atoms with E-state index in [1.165, 1.54) is 11.9 Å². The molecule has 3 heterocycles. The Labute approximate surface area is 164 Å². The summed E-state index contributed by atoms with van der Waals surface area (Å²) in [5, 5.41) is 11.0. The number of likely N-dealkylation sites (tertiary alicyclic amines) is 2. The third-order valence-corrected chi connectivity index (χ3v) is 5.93. The first-order valence-corrected chi connectivity index (χ1v) is 9.89. The highest BCUT2D eigenvalue weighted by Crippen LogP contribution is 2.40. The predicted octanol–water partition coefficient (Wildman–Crippen LogP) is 1.41. The molecule has 2 aliphatic heterocycles. The maximum Gasteiger partial charge on any atom is 0.230 e. The lowest BCUT2D eigenvalue weighted by Crippen LogP contribution is -2.50. The highest BCUT2D eigenvalue weighted by Gasteiger charge is 2.49. The number of tetrazole rings is 1. The molecule has 2 fully saturated rings. The molecule has 2 amide bonds. The van der Waals surface area contributed by atoms with E-state index < -0.39 is 5.41 Å². The van der Waals surface area contributed by atoms with Crippen LogP contribution in [0, 0.1) is 12.3 Å². The van der Waals surface area contributed by atoms with Crippen LogP contribution in [-0.2, 0) is 22.7 Å². The molecule has 4 rings (SSSR count). The van der Waals surface area contributed by atoms with E-state index in [1.54, 1.807) is 4.68 Å². The molecule has 0 radical (unpaired) electrons. The van der Waals surface area contributed by atoms with E-state index in [0.717, 1.165) is 31.4 Å². The van der Waals surface area contributed by atoms with E-state index in [4.69, 9.17) is 0 Å². The van der Waals surface area contributed by atoms with Crippen molar-refractivity contribution in [3.05, 3.63) is 41.7 Å². The van der Waals surface area contributed by atoms with Crippen molar-refractivity contribution in [1.29, 1.82) is 0 Å². The van der Waals surface area contributed by atoms with Gasteiger partial charge in [0.05, 0.1) is 12.0 Å². The topological polar surface area (TPSA) is 84.2 Å². The van der Waals surface area contributed by atoms with Crippen LogP contribution in [0.4, 0.5) is 0 Å². The Morgan fingerprint density at radius 3 is 2.93 bits per heavy atom. The van der Waals surface area contributed by atoms with Crippen molar-refractivity contribution in [3.8, 4) is 0 Å². The molecule has 0 bridgehead atoms. The summed E-state index contributed by atoms with van der Waals surface area (Å²) in [7, 11) is 0. The predicted molar refractivity (Wildman–Crippen MR) is 102 cm³/mol. The van der Waals surface area contributed by atoms with Gasteiger partial charge in [-0.1, -0.05) is 29.8 Å². The van der Waals surface area contributed by atoms with Gasteiger partial charge in [0.2, 0.25) is 11.8 Å². The summed E-state index contributed by atoms with van der Waals surface area (Å²) in [4.78, 5) is 29.7. The molecule has 8 heteroatoms. The smallest absolute Gasteiger partial charge is 0.230 e. The molecule has 1 atom stereocenters. The molecule has 1 aromatic carbocycles. The van der Waals surface area contributed by atoms with Gasteiger partial charge in [-0.3, -0.25) is 9.59 Å². The quantitative estimate of drug-likeness (QED) is 0.781. The van der Waals surface area contributed by atoms with Gasteiger partial charge in [0, 0.05) is 32.6 Å². The van der Waals surface area contributed by atoms with Crippen LogP contribution in [0.15, 0.2) is 30.6 Å². The lowest BCUT2D eigenvalue weighted by molar-refractivity contribution is -0.146. The van der Waals surface area contributed by atoms with Crippen molar-refractivity contribution >= 4 is 11.8 Å². The first-order chi connectivity index (χ1) is 13.6. The summed E-state index contributed by atoms with van der Waals surface area (Å²) in [6, 6.07) is 8.32. The van der Waals surface area contributed by atoms with Crippen molar-refractivity contribution in [1.82, 2.24) is 30.0 Å². The summed E-state index contributed by atoms with van der Waals surface area (Å²) < 4.78 is 1.55. The van der Waals surface area contributed by atoms with E-state index in [-0.39, 0.29) is 11.8 Å². The van der Waals surface area contributed by atoms with Gasteiger partial charge in [-0.15, -0.1) is 5.10 Å². The third kappa shape index (κ3) is 3.76. The number of piperidine rings is 1. The minimum Gasteiger partial charge on any atom is -0.342 e. The molecule has 2 saturated heterocycles. The zero-order valence-electron chi connectivity index (χ0n) is 16.3. The Balaban J connectivity index is 1.38. The zero-order chi connectivity index (χ0) is 19.6. The van der Waals surface area contributed by atoms with Crippen molar-refractivity contribution in [2.75, 3.05) is 19.6 Å². The number of hydrogen-bond donors (Lipinski definition) is 0. The van der Waals surface area contributed by atoms with E-state index in [9.17, 15) is 9.59 Å². The van der Waals surface area contributed by atoms with Crippen LogP contribution in [0.3, 0.4) is 0 Å². The lowest BCUT2D eigenvalue weighted by Gasteiger charge is -2.39. The van der Waals surface area contributed by atoms with Crippen molar-refractivity contribution in [3.63, 3.8) is 0 Å². The number of aromatic nitrogens is 4. The van der Waals surface area contributed by atoms with Gasteiger partial charge < -0.3 is 9.80 Å².